The Balaban J connectivity index is 1.70. The molecule has 1 aromatic rings. The van der Waals surface area contributed by atoms with E-state index in [-0.39, 0.29) is 16.9 Å². The van der Waals surface area contributed by atoms with Crippen molar-refractivity contribution in [1.29, 1.82) is 0 Å². The van der Waals surface area contributed by atoms with Gasteiger partial charge in [-0.15, -0.1) is 0 Å². The quantitative estimate of drug-likeness (QED) is 0.810. The average Bonchev–Trinajstić information content (AvgIpc) is 3.14. The summed E-state index contributed by atoms with van der Waals surface area (Å²) in [5.41, 5.74) is 1.55. The Kier molecular flexibility index (Phi) is 5.56. The molecule has 3 rings (SSSR count). The highest BCUT2D eigenvalue weighted by molar-refractivity contribution is 7.89. The van der Waals surface area contributed by atoms with E-state index in [0.29, 0.717) is 25.2 Å². The van der Waals surface area contributed by atoms with Crippen LogP contribution in [0.1, 0.15) is 36.5 Å². The Bertz CT molecular complexity index is 767. The lowest BCUT2D eigenvalue weighted by molar-refractivity contribution is 0.0857. The summed E-state index contributed by atoms with van der Waals surface area (Å²) in [6.07, 6.45) is 4.67. The molecule has 0 aliphatic carbocycles. The van der Waals surface area contributed by atoms with Gasteiger partial charge in [-0.1, -0.05) is 17.7 Å². The molecule has 7 heteroatoms. The zero-order valence-electron chi connectivity index (χ0n) is 14.4. The van der Waals surface area contributed by atoms with Crippen molar-refractivity contribution in [2.75, 3.05) is 26.2 Å². The SMILES string of the molecule is CC1=CCN(S(=O)(=O)c2cccc(C(=O)NCC3CCCO3)c2)CC1. The van der Waals surface area contributed by atoms with Gasteiger partial charge in [0.1, 0.15) is 0 Å². The van der Waals surface area contributed by atoms with Crippen molar-refractivity contribution in [2.45, 2.75) is 37.2 Å². The number of rotatable bonds is 5. The second-order valence-electron chi connectivity index (χ2n) is 6.54. The molecule has 136 valence electrons. The first kappa shape index (κ1) is 18.1. The van der Waals surface area contributed by atoms with E-state index in [4.69, 9.17) is 4.74 Å². The third-order valence-electron chi connectivity index (χ3n) is 4.65. The Morgan fingerprint density at radius 2 is 2.24 bits per heavy atom. The standard InChI is InChI=1S/C18H24N2O4S/c1-14-7-9-20(10-8-14)25(22,23)17-6-2-4-15(12-17)18(21)19-13-16-5-3-11-24-16/h2,4,6-7,12,16H,3,5,8-11,13H2,1H3,(H,19,21). The van der Waals surface area contributed by atoms with Gasteiger partial charge in [0.15, 0.2) is 0 Å². The maximum atomic E-state index is 12.8. The second kappa shape index (κ2) is 7.68. The normalized spacial score (nSPS) is 21.8. The van der Waals surface area contributed by atoms with Crippen LogP contribution in [0.3, 0.4) is 0 Å². The van der Waals surface area contributed by atoms with Gasteiger partial charge in [-0.25, -0.2) is 8.42 Å². The fraction of sp³-hybridized carbons (Fsp3) is 0.500. The Hall–Kier alpha value is -1.70. The molecule has 1 saturated heterocycles. The van der Waals surface area contributed by atoms with Gasteiger partial charge in [-0.3, -0.25) is 4.79 Å². The first-order valence-electron chi connectivity index (χ1n) is 8.62. The fourth-order valence-electron chi connectivity index (χ4n) is 3.03. The van der Waals surface area contributed by atoms with Crippen LogP contribution in [0.2, 0.25) is 0 Å². The van der Waals surface area contributed by atoms with Crippen LogP contribution in [0.25, 0.3) is 0 Å². The molecule has 1 aromatic carbocycles. The minimum Gasteiger partial charge on any atom is -0.376 e. The van der Waals surface area contributed by atoms with Crippen molar-refractivity contribution in [3.05, 3.63) is 41.5 Å². The molecule has 1 N–H and O–H groups in total. The number of carbonyl (C=O) groups excluding carboxylic acids is 1. The highest BCUT2D eigenvalue weighted by atomic mass is 32.2. The zero-order valence-corrected chi connectivity index (χ0v) is 15.2. The van der Waals surface area contributed by atoms with Crippen molar-refractivity contribution in [1.82, 2.24) is 9.62 Å². The molecule has 6 nitrogen and oxygen atoms in total. The molecule has 0 saturated carbocycles. The molecule has 1 fully saturated rings. The number of hydrogen-bond acceptors (Lipinski definition) is 4. The van der Waals surface area contributed by atoms with Crippen molar-refractivity contribution >= 4 is 15.9 Å². The zero-order chi connectivity index (χ0) is 17.9. The highest BCUT2D eigenvalue weighted by Gasteiger charge is 2.26. The van der Waals surface area contributed by atoms with E-state index >= 15 is 0 Å². The lowest BCUT2D eigenvalue weighted by atomic mass is 10.1. The van der Waals surface area contributed by atoms with Crippen LogP contribution in [0.5, 0.6) is 0 Å². The van der Waals surface area contributed by atoms with Crippen molar-refractivity contribution in [3.63, 3.8) is 0 Å². The largest absolute Gasteiger partial charge is 0.376 e. The minimum absolute atomic E-state index is 0.0549. The van der Waals surface area contributed by atoms with Crippen molar-refractivity contribution < 1.29 is 17.9 Å². The summed E-state index contributed by atoms with van der Waals surface area (Å²) in [5, 5.41) is 2.82. The molecule has 2 aliphatic heterocycles. The van der Waals surface area contributed by atoms with Gasteiger partial charge in [-0.05, 0) is 44.4 Å². The molecular formula is C18H24N2O4S. The maximum Gasteiger partial charge on any atom is 0.251 e. The number of benzene rings is 1. The van der Waals surface area contributed by atoms with Crippen molar-refractivity contribution in [3.8, 4) is 0 Å². The third-order valence-corrected chi connectivity index (χ3v) is 6.51. The molecular weight excluding hydrogens is 340 g/mol. The summed E-state index contributed by atoms with van der Waals surface area (Å²) in [6, 6.07) is 6.23. The third kappa shape index (κ3) is 4.29. The van der Waals surface area contributed by atoms with Crippen LogP contribution in [0, 0.1) is 0 Å². The predicted molar refractivity (Wildman–Crippen MR) is 94.9 cm³/mol. The van der Waals surface area contributed by atoms with E-state index in [9.17, 15) is 13.2 Å². The summed E-state index contributed by atoms with van der Waals surface area (Å²) >= 11 is 0. The smallest absolute Gasteiger partial charge is 0.251 e. The number of nitrogens with zero attached hydrogens (tertiary/aromatic N) is 1. The number of carbonyl (C=O) groups is 1. The molecule has 0 radical (unpaired) electrons. The number of ether oxygens (including phenoxy) is 1. The molecule has 1 unspecified atom stereocenters. The van der Waals surface area contributed by atoms with E-state index in [0.717, 1.165) is 25.9 Å². The first-order valence-corrected chi connectivity index (χ1v) is 10.1. The summed E-state index contributed by atoms with van der Waals surface area (Å²) < 4.78 is 32.5. The van der Waals surface area contributed by atoms with Gasteiger partial charge in [0.25, 0.3) is 5.91 Å². The van der Waals surface area contributed by atoms with Crippen LogP contribution < -0.4 is 5.32 Å². The van der Waals surface area contributed by atoms with Crippen molar-refractivity contribution in [2.24, 2.45) is 0 Å². The first-order chi connectivity index (χ1) is 12.0. The molecule has 1 amide bonds. The topological polar surface area (TPSA) is 75.7 Å². The molecule has 2 heterocycles. The Morgan fingerprint density at radius 3 is 2.92 bits per heavy atom. The van der Waals surface area contributed by atoms with E-state index in [2.05, 4.69) is 5.32 Å². The lowest BCUT2D eigenvalue weighted by Gasteiger charge is -2.25. The number of nitrogens with one attached hydrogen (secondary N) is 1. The summed E-state index contributed by atoms with van der Waals surface area (Å²) in [7, 11) is -3.59. The summed E-state index contributed by atoms with van der Waals surface area (Å²) in [5.74, 6) is -0.276. The van der Waals surface area contributed by atoms with Gasteiger partial charge < -0.3 is 10.1 Å². The fourth-order valence-corrected chi connectivity index (χ4v) is 4.46. The summed E-state index contributed by atoms with van der Waals surface area (Å²) in [6.45, 7) is 4.04. The maximum absolute atomic E-state index is 12.8. The van der Waals surface area contributed by atoms with E-state index in [1.807, 2.05) is 13.0 Å². The minimum atomic E-state index is -3.59. The van der Waals surface area contributed by atoms with Crippen LogP contribution >= 0.6 is 0 Å². The predicted octanol–water partition coefficient (Wildman–Crippen LogP) is 1.94. The highest BCUT2D eigenvalue weighted by Crippen LogP contribution is 2.21. The molecule has 2 aliphatic rings. The van der Waals surface area contributed by atoms with Crippen LogP contribution in [0.15, 0.2) is 40.8 Å². The van der Waals surface area contributed by atoms with Gasteiger partial charge in [0.05, 0.1) is 11.0 Å². The Labute approximate surface area is 148 Å². The van der Waals surface area contributed by atoms with Gasteiger partial charge in [-0.2, -0.15) is 4.31 Å². The molecule has 0 bridgehead atoms. The van der Waals surface area contributed by atoms with Crippen LogP contribution in [0.4, 0.5) is 0 Å². The van der Waals surface area contributed by atoms with Gasteiger partial charge >= 0.3 is 0 Å². The number of amides is 1. The van der Waals surface area contributed by atoms with Gasteiger partial charge in [0.2, 0.25) is 10.0 Å². The Morgan fingerprint density at radius 1 is 1.40 bits per heavy atom. The number of sulfonamides is 1. The second-order valence-corrected chi connectivity index (χ2v) is 8.47. The molecule has 0 aromatic heterocycles. The van der Waals surface area contributed by atoms with Crippen LogP contribution in [-0.2, 0) is 14.8 Å². The average molecular weight is 364 g/mol. The van der Waals surface area contributed by atoms with Gasteiger partial charge in [0, 0.05) is 31.8 Å². The monoisotopic (exact) mass is 364 g/mol. The molecule has 0 spiro atoms. The van der Waals surface area contributed by atoms with E-state index in [1.54, 1.807) is 12.1 Å². The lowest BCUT2D eigenvalue weighted by Crippen LogP contribution is -2.35. The van der Waals surface area contributed by atoms with Crippen LogP contribution in [-0.4, -0.2) is 51.0 Å². The van der Waals surface area contributed by atoms with E-state index in [1.165, 1.54) is 22.0 Å². The summed E-state index contributed by atoms with van der Waals surface area (Å²) in [4.78, 5) is 12.5. The molecule has 1 atom stereocenters. The van der Waals surface area contributed by atoms with E-state index < -0.39 is 10.0 Å². The number of hydrogen-bond donors (Lipinski definition) is 1. The molecule has 25 heavy (non-hydrogen) atoms.